The minimum atomic E-state index is -0.393. The van der Waals surface area contributed by atoms with E-state index in [1.807, 2.05) is 17.9 Å². The van der Waals surface area contributed by atoms with Crippen molar-refractivity contribution < 1.29 is 9.18 Å². The predicted molar refractivity (Wildman–Crippen MR) is 99.3 cm³/mol. The zero-order chi connectivity index (χ0) is 18.7. The molecule has 0 unspecified atom stereocenters. The fourth-order valence-electron chi connectivity index (χ4n) is 3.21. The second-order valence-corrected chi connectivity index (χ2v) is 7.24. The minimum Gasteiger partial charge on any atom is -0.354 e. The summed E-state index contributed by atoms with van der Waals surface area (Å²) in [6.07, 6.45) is 1.33. The van der Waals surface area contributed by atoms with Crippen LogP contribution < -0.4 is 4.90 Å². The summed E-state index contributed by atoms with van der Waals surface area (Å²) in [5.41, 5.74) is 2.63. The molecular weight excluding hydrogens is 331 g/mol. The van der Waals surface area contributed by atoms with E-state index in [0.29, 0.717) is 24.7 Å². The molecule has 2 aromatic rings. The third-order valence-electron chi connectivity index (χ3n) is 4.45. The lowest BCUT2D eigenvalue weighted by Crippen LogP contribution is -2.37. The lowest BCUT2D eigenvalue weighted by molar-refractivity contribution is -0.130. The molecule has 26 heavy (non-hydrogen) atoms. The highest BCUT2D eigenvalue weighted by atomic mass is 19.1. The Kier molecular flexibility index (Phi) is 5.49. The second kappa shape index (κ2) is 7.81. The number of fused-ring (bicyclic) bond motifs is 1. The van der Waals surface area contributed by atoms with Crippen molar-refractivity contribution in [2.75, 3.05) is 24.5 Å². The van der Waals surface area contributed by atoms with Crippen molar-refractivity contribution in [3.05, 3.63) is 53.2 Å². The molecule has 0 radical (unpaired) electrons. The first kappa shape index (κ1) is 18.3. The molecule has 138 valence electrons. The van der Waals surface area contributed by atoms with Gasteiger partial charge >= 0.3 is 0 Å². The summed E-state index contributed by atoms with van der Waals surface area (Å²) in [5, 5.41) is 0. The molecule has 0 fully saturated rings. The van der Waals surface area contributed by atoms with Crippen molar-refractivity contribution in [1.29, 1.82) is 0 Å². The summed E-state index contributed by atoms with van der Waals surface area (Å²) in [7, 11) is 0. The van der Waals surface area contributed by atoms with E-state index >= 15 is 0 Å². The normalized spacial score (nSPS) is 14.3. The van der Waals surface area contributed by atoms with Crippen molar-refractivity contribution in [3.63, 3.8) is 0 Å². The lowest BCUT2D eigenvalue weighted by atomic mass is 10.1. The highest BCUT2D eigenvalue weighted by Gasteiger charge is 2.24. The van der Waals surface area contributed by atoms with Gasteiger partial charge in [-0.05, 0) is 31.0 Å². The van der Waals surface area contributed by atoms with Crippen LogP contribution in [0.1, 0.15) is 30.8 Å². The van der Waals surface area contributed by atoms with Gasteiger partial charge in [0.15, 0.2) is 0 Å². The first-order valence-electron chi connectivity index (χ1n) is 9.02. The number of aromatic nitrogens is 2. The van der Waals surface area contributed by atoms with Crippen LogP contribution in [-0.2, 0) is 17.8 Å². The van der Waals surface area contributed by atoms with Crippen LogP contribution >= 0.6 is 0 Å². The second-order valence-electron chi connectivity index (χ2n) is 7.24. The Bertz CT molecular complexity index is 776. The maximum absolute atomic E-state index is 13.0. The van der Waals surface area contributed by atoms with E-state index in [1.54, 1.807) is 6.07 Å². The molecule has 6 heteroatoms. The third-order valence-corrected chi connectivity index (χ3v) is 4.45. The van der Waals surface area contributed by atoms with Gasteiger partial charge < -0.3 is 9.80 Å². The van der Waals surface area contributed by atoms with Crippen molar-refractivity contribution in [2.24, 2.45) is 5.92 Å². The smallest absolute Gasteiger partial charge is 0.228 e. The molecule has 5 nitrogen and oxygen atoms in total. The monoisotopic (exact) mass is 356 g/mol. The van der Waals surface area contributed by atoms with Crippen LogP contribution in [0.3, 0.4) is 0 Å². The van der Waals surface area contributed by atoms with E-state index in [-0.39, 0.29) is 12.3 Å². The Morgan fingerprint density at radius 1 is 1.23 bits per heavy atom. The SMILES string of the molecule is Cc1ccc2c(n1)N(CC(C)C)CCN(C(=O)Cc1ccc(F)cn1)C2. The van der Waals surface area contributed by atoms with E-state index < -0.39 is 5.82 Å². The van der Waals surface area contributed by atoms with Crippen LogP contribution in [0.15, 0.2) is 30.5 Å². The van der Waals surface area contributed by atoms with Crippen molar-refractivity contribution in [2.45, 2.75) is 33.7 Å². The van der Waals surface area contributed by atoms with Crippen molar-refractivity contribution >= 4 is 11.7 Å². The molecule has 0 aliphatic carbocycles. The number of pyridine rings is 2. The minimum absolute atomic E-state index is 0.00188. The maximum atomic E-state index is 13.0. The van der Waals surface area contributed by atoms with Crippen molar-refractivity contribution in [1.82, 2.24) is 14.9 Å². The third kappa shape index (κ3) is 4.36. The number of hydrogen-bond acceptors (Lipinski definition) is 4. The summed E-state index contributed by atoms with van der Waals surface area (Å²) >= 11 is 0. The number of aryl methyl sites for hydroxylation is 1. The average Bonchev–Trinajstić information content (AvgIpc) is 2.76. The van der Waals surface area contributed by atoms with Crippen molar-refractivity contribution in [3.8, 4) is 0 Å². The largest absolute Gasteiger partial charge is 0.354 e. The molecule has 1 aliphatic heterocycles. The Morgan fingerprint density at radius 2 is 2.04 bits per heavy atom. The Morgan fingerprint density at radius 3 is 2.73 bits per heavy atom. The van der Waals surface area contributed by atoms with Gasteiger partial charge in [0, 0.05) is 43.1 Å². The highest BCUT2D eigenvalue weighted by Crippen LogP contribution is 2.24. The van der Waals surface area contributed by atoms with Gasteiger partial charge in [0.05, 0.1) is 12.6 Å². The van der Waals surface area contributed by atoms with E-state index in [0.717, 1.165) is 36.4 Å². The quantitative estimate of drug-likeness (QED) is 0.845. The zero-order valence-corrected chi connectivity index (χ0v) is 15.6. The molecule has 0 atom stereocenters. The van der Waals surface area contributed by atoms with Gasteiger partial charge in [-0.3, -0.25) is 9.78 Å². The van der Waals surface area contributed by atoms with Gasteiger partial charge in [0.2, 0.25) is 5.91 Å². The number of amides is 1. The molecular formula is C20H25FN4O. The summed E-state index contributed by atoms with van der Waals surface area (Å²) in [6.45, 7) is 9.20. The number of carbonyl (C=O) groups is 1. The first-order chi connectivity index (χ1) is 12.4. The Hall–Kier alpha value is -2.50. The molecule has 0 saturated carbocycles. The first-order valence-corrected chi connectivity index (χ1v) is 9.02. The molecule has 2 aromatic heterocycles. The molecule has 0 N–H and O–H groups in total. The summed E-state index contributed by atoms with van der Waals surface area (Å²) in [4.78, 5) is 25.6. The lowest BCUT2D eigenvalue weighted by Gasteiger charge is -2.25. The zero-order valence-electron chi connectivity index (χ0n) is 15.6. The number of rotatable bonds is 4. The number of halogens is 1. The Labute approximate surface area is 153 Å². The van der Waals surface area contributed by atoms with E-state index in [1.165, 1.54) is 6.07 Å². The molecule has 3 rings (SSSR count). The van der Waals surface area contributed by atoms with Crippen LogP contribution in [0.5, 0.6) is 0 Å². The molecule has 0 spiro atoms. The predicted octanol–water partition coefficient (Wildman–Crippen LogP) is 2.97. The highest BCUT2D eigenvalue weighted by molar-refractivity contribution is 5.78. The topological polar surface area (TPSA) is 49.3 Å². The van der Waals surface area contributed by atoms with Gasteiger partial charge in [-0.1, -0.05) is 19.9 Å². The van der Waals surface area contributed by atoms with E-state index in [4.69, 9.17) is 4.98 Å². The summed E-state index contributed by atoms with van der Waals surface area (Å²) < 4.78 is 13.0. The van der Waals surface area contributed by atoms with Crippen LogP contribution in [0.2, 0.25) is 0 Å². The number of anilines is 1. The summed E-state index contributed by atoms with van der Waals surface area (Å²) in [5.74, 6) is 1.10. The number of carbonyl (C=O) groups excluding carboxylic acids is 1. The van der Waals surface area contributed by atoms with Crippen LogP contribution in [0.4, 0.5) is 10.2 Å². The van der Waals surface area contributed by atoms with Crippen LogP contribution in [0, 0.1) is 18.7 Å². The molecule has 0 aromatic carbocycles. The molecule has 0 bridgehead atoms. The van der Waals surface area contributed by atoms with Crippen LogP contribution in [0.25, 0.3) is 0 Å². The van der Waals surface area contributed by atoms with Gasteiger partial charge in [-0.25, -0.2) is 9.37 Å². The van der Waals surface area contributed by atoms with Gasteiger partial charge in [0.1, 0.15) is 11.6 Å². The maximum Gasteiger partial charge on any atom is 0.228 e. The van der Waals surface area contributed by atoms with E-state index in [2.05, 4.69) is 29.8 Å². The van der Waals surface area contributed by atoms with Gasteiger partial charge in [0.25, 0.3) is 0 Å². The standard InChI is InChI=1S/C20H25FN4O/c1-14(2)12-25-9-8-24(13-16-5-4-15(3)23-20(16)25)19(26)10-18-7-6-17(21)11-22-18/h4-7,11,14H,8-10,12-13H2,1-3H3. The number of nitrogens with zero attached hydrogens (tertiary/aromatic N) is 4. The molecule has 3 heterocycles. The number of hydrogen-bond donors (Lipinski definition) is 0. The molecule has 1 amide bonds. The fourth-order valence-corrected chi connectivity index (χ4v) is 3.21. The summed E-state index contributed by atoms with van der Waals surface area (Å²) in [6, 6.07) is 6.95. The molecule has 0 saturated heterocycles. The average molecular weight is 356 g/mol. The van der Waals surface area contributed by atoms with Crippen LogP contribution in [-0.4, -0.2) is 40.4 Å². The van der Waals surface area contributed by atoms with E-state index in [9.17, 15) is 9.18 Å². The Balaban J connectivity index is 1.79. The molecule has 1 aliphatic rings. The van der Waals surface area contributed by atoms with Gasteiger partial charge in [-0.2, -0.15) is 0 Å². The fraction of sp³-hybridized carbons (Fsp3) is 0.450. The van der Waals surface area contributed by atoms with Gasteiger partial charge in [-0.15, -0.1) is 0 Å².